The number of carbonyl (C=O) groups is 4. The Labute approximate surface area is 568 Å². The molecule has 0 radical (unpaired) electrons. The lowest BCUT2D eigenvalue weighted by Crippen LogP contribution is -2.30. The summed E-state index contributed by atoms with van der Waals surface area (Å²) in [5.41, 5.74) is 0. The number of unbranched alkanes of at least 4 members (excludes halogenated alkanes) is 45. The number of esters is 4. The summed E-state index contributed by atoms with van der Waals surface area (Å²) in [6.45, 7) is 7.25. The van der Waals surface area contributed by atoms with Crippen LogP contribution >= 0.6 is 15.6 Å². The molecular formula is C74H144O17P2. The van der Waals surface area contributed by atoms with Gasteiger partial charge in [-0.25, -0.2) is 9.13 Å². The summed E-state index contributed by atoms with van der Waals surface area (Å²) in [5.74, 6) is -1.26. The van der Waals surface area contributed by atoms with Gasteiger partial charge in [0.15, 0.2) is 12.2 Å². The number of ether oxygens (including phenoxy) is 4. The molecule has 0 saturated carbocycles. The van der Waals surface area contributed by atoms with E-state index in [2.05, 4.69) is 34.6 Å². The summed E-state index contributed by atoms with van der Waals surface area (Å²) in [6, 6.07) is 0. The monoisotopic (exact) mass is 1370 g/mol. The summed E-state index contributed by atoms with van der Waals surface area (Å²) in [4.78, 5) is 72.4. The minimum Gasteiger partial charge on any atom is -0.462 e. The Hall–Kier alpha value is -1.94. The average Bonchev–Trinajstić information content (AvgIpc) is 2.78. The Morgan fingerprint density at radius 1 is 0.301 bits per heavy atom. The Kier molecular flexibility index (Phi) is 65.9. The van der Waals surface area contributed by atoms with Gasteiger partial charge >= 0.3 is 39.5 Å². The second-order valence-electron chi connectivity index (χ2n) is 26.9. The first kappa shape index (κ1) is 91.1. The highest BCUT2D eigenvalue weighted by atomic mass is 31.2. The molecule has 3 unspecified atom stereocenters. The van der Waals surface area contributed by atoms with E-state index in [-0.39, 0.29) is 25.7 Å². The Bertz CT molecular complexity index is 1790. The predicted octanol–water partition coefficient (Wildman–Crippen LogP) is 21.7. The van der Waals surface area contributed by atoms with E-state index in [0.29, 0.717) is 25.7 Å². The molecular weight excluding hydrogens is 1220 g/mol. The van der Waals surface area contributed by atoms with Crippen LogP contribution in [0.2, 0.25) is 0 Å². The van der Waals surface area contributed by atoms with Crippen molar-refractivity contribution in [2.75, 3.05) is 39.6 Å². The molecule has 93 heavy (non-hydrogen) atoms. The molecule has 0 aromatic rings. The van der Waals surface area contributed by atoms with Crippen LogP contribution in [0.5, 0.6) is 0 Å². The van der Waals surface area contributed by atoms with Crippen LogP contribution < -0.4 is 0 Å². The highest BCUT2D eigenvalue weighted by Gasteiger charge is 2.30. The van der Waals surface area contributed by atoms with Crippen LogP contribution in [-0.4, -0.2) is 96.7 Å². The van der Waals surface area contributed by atoms with Crippen molar-refractivity contribution >= 4 is 39.5 Å². The van der Waals surface area contributed by atoms with Gasteiger partial charge in [-0.1, -0.05) is 336 Å². The van der Waals surface area contributed by atoms with Gasteiger partial charge in [0.25, 0.3) is 0 Å². The highest BCUT2D eigenvalue weighted by Crippen LogP contribution is 2.45. The molecule has 0 aliphatic carbocycles. The molecule has 3 N–H and O–H groups in total. The second kappa shape index (κ2) is 67.3. The van der Waals surface area contributed by atoms with Gasteiger partial charge in [-0.3, -0.25) is 37.3 Å². The van der Waals surface area contributed by atoms with E-state index >= 15 is 0 Å². The van der Waals surface area contributed by atoms with E-state index in [1.807, 2.05) is 0 Å². The molecule has 0 aliphatic heterocycles. The van der Waals surface area contributed by atoms with Crippen molar-refractivity contribution in [1.82, 2.24) is 0 Å². The molecule has 6 atom stereocenters. The molecule has 0 saturated heterocycles. The van der Waals surface area contributed by atoms with Gasteiger partial charge in [-0.05, 0) is 31.6 Å². The van der Waals surface area contributed by atoms with Crippen molar-refractivity contribution in [1.29, 1.82) is 0 Å². The third kappa shape index (κ3) is 67.0. The first-order valence-electron chi connectivity index (χ1n) is 38.7. The molecule has 0 aromatic carbocycles. The number of phosphoric acid groups is 2. The zero-order valence-corrected chi connectivity index (χ0v) is 62.2. The summed E-state index contributed by atoms with van der Waals surface area (Å²) >= 11 is 0. The maximum atomic E-state index is 13.1. The average molecular weight is 1370 g/mol. The topological polar surface area (TPSA) is 237 Å². The maximum Gasteiger partial charge on any atom is 0.472 e. The number of aliphatic hydroxyl groups is 1. The van der Waals surface area contributed by atoms with E-state index in [9.17, 15) is 43.2 Å². The molecule has 0 rings (SSSR count). The van der Waals surface area contributed by atoms with Gasteiger partial charge < -0.3 is 33.8 Å². The lowest BCUT2D eigenvalue weighted by molar-refractivity contribution is -0.161. The van der Waals surface area contributed by atoms with Crippen LogP contribution in [0.4, 0.5) is 0 Å². The van der Waals surface area contributed by atoms with Crippen LogP contribution in [0.1, 0.15) is 388 Å². The molecule has 19 heteroatoms. The molecule has 0 spiro atoms. The zero-order chi connectivity index (χ0) is 68.4. The van der Waals surface area contributed by atoms with Crippen LogP contribution in [0.25, 0.3) is 0 Å². The minimum absolute atomic E-state index is 0.104. The fraction of sp³-hybridized carbons (Fsp3) is 0.946. The standard InChI is InChI=1S/C74H144O17P2/c1-6-10-13-16-19-20-21-22-23-26-30-33-36-39-44-48-53-58-72(77)85-64-70(91-74(79)60-55-50-45-40-37-34-31-28-25-24-27-29-32-35-38-43-46-51-56-67(5)9-4)66-89-93(82,83)87-62-68(75)61-86-92(80,81)88-65-69(90-73(78)59-54-49-42-18-15-12-8-3)63-84-71(76)57-52-47-41-17-14-11-7-2/h67-70,75H,6-66H2,1-5H3,(H,80,81)(H,82,83)/t67?,68-,69+,70+/m0/s1. The maximum absolute atomic E-state index is 13.1. The summed E-state index contributed by atoms with van der Waals surface area (Å²) in [7, 11) is -9.89. The number of rotatable bonds is 74. The number of hydrogen-bond acceptors (Lipinski definition) is 15. The van der Waals surface area contributed by atoms with E-state index in [4.69, 9.17) is 37.0 Å². The van der Waals surface area contributed by atoms with Gasteiger partial charge in [-0.15, -0.1) is 0 Å². The van der Waals surface area contributed by atoms with E-state index < -0.39 is 97.5 Å². The fourth-order valence-electron chi connectivity index (χ4n) is 11.3. The van der Waals surface area contributed by atoms with Crippen molar-refractivity contribution in [2.45, 2.75) is 406 Å². The lowest BCUT2D eigenvalue weighted by atomic mass is 9.99. The first-order chi connectivity index (χ1) is 45.1. The smallest absolute Gasteiger partial charge is 0.462 e. The number of phosphoric ester groups is 2. The largest absolute Gasteiger partial charge is 0.472 e. The Morgan fingerprint density at radius 2 is 0.516 bits per heavy atom. The molecule has 0 amide bonds. The molecule has 552 valence electrons. The fourth-order valence-corrected chi connectivity index (χ4v) is 12.9. The minimum atomic E-state index is -4.95. The number of aliphatic hydroxyl groups excluding tert-OH is 1. The van der Waals surface area contributed by atoms with Gasteiger partial charge in [0.2, 0.25) is 0 Å². The van der Waals surface area contributed by atoms with Gasteiger partial charge in [0, 0.05) is 25.7 Å². The Morgan fingerprint density at radius 3 is 0.763 bits per heavy atom. The Balaban J connectivity index is 5.10. The van der Waals surface area contributed by atoms with E-state index in [0.717, 1.165) is 121 Å². The molecule has 0 bridgehead atoms. The molecule has 0 aromatic heterocycles. The number of carbonyl (C=O) groups excluding carboxylic acids is 4. The van der Waals surface area contributed by atoms with E-state index in [1.165, 1.54) is 186 Å². The summed E-state index contributed by atoms with van der Waals surface area (Å²) < 4.78 is 68.2. The summed E-state index contributed by atoms with van der Waals surface area (Å²) in [5, 5.41) is 10.6. The number of hydrogen-bond donors (Lipinski definition) is 3. The molecule has 0 fully saturated rings. The van der Waals surface area contributed by atoms with E-state index in [1.54, 1.807) is 0 Å². The van der Waals surface area contributed by atoms with Crippen molar-refractivity contribution in [3.05, 3.63) is 0 Å². The highest BCUT2D eigenvalue weighted by molar-refractivity contribution is 7.47. The van der Waals surface area contributed by atoms with Crippen molar-refractivity contribution in [2.24, 2.45) is 5.92 Å². The van der Waals surface area contributed by atoms with Gasteiger partial charge in [-0.2, -0.15) is 0 Å². The molecule has 0 heterocycles. The first-order valence-corrected chi connectivity index (χ1v) is 41.7. The predicted molar refractivity (Wildman–Crippen MR) is 377 cm³/mol. The van der Waals surface area contributed by atoms with Crippen LogP contribution in [0.15, 0.2) is 0 Å². The van der Waals surface area contributed by atoms with Gasteiger partial charge in [0.05, 0.1) is 26.4 Å². The van der Waals surface area contributed by atoms with Crippen molar-refractivity contribution in [3.8, 4) is 0 Å². The van der Waals surface area contributed by atoms with Crippen LogP contribution in [0.3, 0.4) is 0 Å². The zero-order valence-electron chi connectivity index (χ0n) is 60.4. The SMILES string of the molecule is CCCCCCCCCCCCCCCCCCCC(=O)OC[C@H](COP(=O)(O)OC[C@@H](O)COP(=O)(O)OC[C@@H](COC(=O)CCCCCCCCC)OC(=O)CCCCCCCCC)OC(=O)CCCCCCCCCCCCCCCCCCCCC(C)CC. The lowest BCUT2D eigenvalue weighted by Gasteiger charge is -2.21. The normalized spacial score (nSPS) is 14.3. The van der Waals surface area contributed by atoms with Crippen LogP contribution in [-0.2, 0) is 65.4 Å². The summed E-state index contributed by atoms with van der Waals surface area (Å²) in [6.07, 6.45) is 55.9. The van der Waals surface area contributed by atoms with Crippen molar-refractivity contribution < 1.29 is 80.2 Å². The van der Waals surface area contributed by atoms with Crippen LogP contribution in [0, 0.1) is 5.92 Å². The van der Waals surface area contributed by atoms with Crippen molar-refractivity contribution in [3.63, 3.8) is 0 Å². The second-order valence-corrected chi connectivity index (χ2v) is 29.8. The van der Waals surface area contributed by atoms with Gasteiger partial charge in [0.1, 0.15) is 19.3 Å². The molecule has 17 nitrogen and oxygen atoms in total. The quantitative estimate of drug-likeness (QED) is 0.0222. The third-order valence-electron chi connectivity index (χ3n) is 17.6. The third-order valence-corrected chi connectivity index (χ3v) is 19.5. The molecule has 0 aliphatic rings.